The van der Waals surface area contributed by atoms with Crippen LogP contribution in [-0.4, -0.2) is 29.4 Å². The van der Waals surface area contributed by atoms with Crippen LogP contribution >= 0.6 is 12.4 Å². The van der Waals surface area contributed by atoms with E-state index in [1.165, 1.54) is 0 Å². The Morgan fingerprint density at radius 3 is 2.85 bits per heavy atom. The summed E-state index contributed by atoms with van der Waals surface area (Å²) in [5, 5.41) is 8.68. The molecule has 2 N–H and O–H groups in total. The predicted octanol–water partition coefficient (Wildman–Crippen LogP) is 0.270. The van der Waals surface area contributed by atoms with Crippen LogP contribution in [-0.2, 0) is 4.79 Å². The quantitative estimate of drug-likeness (QED) is 0.665. The van der Waals surface area contributed by atoms with E-state index < -0.39 is 6.04 Å². The monoisotopic (exact) mass is 203 g/mol. The largest absolute Gasteiger partial charge is 0.325 e. The van der Waals surface area contributed by atoms with Gasteiger partial charge in [-0.2, -0.15) is 5.26 Å². The van der Waals surface area contributed by atoms with Crippen molar-refractivity contribution in [2.24, 2.45) is 5.73 Å². The summed E-state index contributed by atoms with van der Waals surface area (Å²) < 4.78 is 0. The highest BCUT2D eigenvalue weighted by Crippen LogP contribution is 2.16. The topological polar surface area (TPSA) is 70.1 Å². The maximum atomic E-state index is 11.4. The van der Waals surface area contributed by atoms with Gasteiger partial charge in [-0.25, -0.2) is 0 Å². The van der Waals surface area contributed by atoms with Gasteiger partial charge in [-0.1, -0.05) is 0 Å². The van der Waals surface area contributed by atoms with Crippen LogP contribution in [0.3, 0.4) is 0 Å². The van der Waals surface area contributed by atoms with Crippen molar-refractivity contribution in [3.8, 4) is 6.07 Å². The molecule has 1 amide bonds. The second-order valence-corrected chi connectivity index (χ2v) is 3.11. The van der Waals surface area contributed by atoms with E-state index in [4.69, 9.17) is 11.0 Å². The first-order valence-electron chi connectivity index (χ1n) is 4.12. The number of hydrogen-bond acceptors (Lipinski definition) is 3. The molecule has 0 spiro atoms. The number of halogens is 1. The van der Waals surface area contributed by atoms with Crippen LogP contribution in [0, 0.1) is 11.3 Å². The van der Waals surface area contributed by atoms with E-state index in [1.54, 1.807) is 11.8 Å². The minimum atomic E-state index is -0.487. The number of amides is 1. The summed E-state index contributed by atoms with van der Waals surface area (Å²) in [4.78, 5) is 12.9. The third-order valence-corrected chi connectivity index (χ3v) is 2.07. The molecule has 0 radical (unpaired) electrons. The summed E-state index contributed by atoms with van der Waals surface area (Å²) in [6.07, 6.45) is 1.70. The number of rotatable bonds is 1. The molecule has 0 saturated carbocycles. The van der Waals surface area contributed by atoms with Gasteiger partial charge < -0.3 is 10.6 Å². The van der Waals surface area contributed by atoms with Crippen molar-refractivity contribution in [1.82, 2.24) is 4.90 Å². The third-order valence-electron chi connectivity index (χ3n) is 2.07. The lowest BCUT2D eigenvalue weighted by Crippen LogP contribution is -2.44. The maximum absolute atomic E-state index is 11.4. The van der Waals surface area contributed by atoms with E-state index in [0.29, 0.717) is 6.54 Å². The first-order valence-corrected chi connectivity index (χ1v) is 4.12. The Morgan fingerprint density at radius 2 is 2.38 bits per heavy atom. The molecule has 4 nitrogen and oxygen atoms in total. The van der Waals surface area contributed by atoms with E-state index in [2.05, 4.69) is 6.07 Å². The lowest BCUT2D eigenvalue weighted by molar-refractivity contribution is -0.132. The molecule has 1 heterocycles. The molecule has 74 valence electrons. The van der Waals surface area contributed by atoms with E-state index in [1.807, 2.05) is 0 Å². The van der Waals surface area contributed by atoms with E-state index in [-0.39, 0.29) is 24.4 Å². The molecule has 0 aromatic heterocycles. The molecule has 1 saturated heterocycles. The fourth-order valence-electron chi connectivity index (χ4n) is 1.43. The molecular weight excluding hydrogens is 190 g/mol. The van der Waals surface area contributed by atoms with Crippen molar-refractivity contribution in [2.75, 3.05) is 6.54 Å². The van der Waals surface area contributed by atoms with Crippen LogP contribution in [0.25, 0.3) is 0 Å². The molecule has 0 bridgehead atoms. The van der Waals surface area contributed by atoms with Gasteiger partial charge in [0.15, 0.2) is 0 Å². The van der Waals surface area contributed by atoms with Crippen LogP contribution < -0.4 is 5.73 Å². The van der Waals surface area contributed by atoms with Crippen LogP contribution in [0.5, 0.6) is 0 Å². The zero-order chi connectivity index (χ0) is 9.14. The molecule has 1 fully saturated rings. The average Bonchev–Trinajstić information content (AvgIpc) is 2.49. The van der Waals surface area contributed by atoms with Gasteiger partial charge in [-0.3, -0.25) is 4.79 Å². The molecule has 0 aliphatic carbocycles. The second kappa shape index (κ2) is 5.05. The molecule has 5 heteroatoms. The van der Waals surface area contributed by atoms with Gasteiger partial charge in [0.1, 0.15) is 6.04 Å². The Balaban J connectivity index is 0.00000144. The molecule has 0 aromatic rings. The number of nitrogens with zero attached hydrogens (tertiary/aromatic N) is 2. The van der Waals surface area contributed by atoms with Gasteiger partial charge in [0.05, 0.1) is 12.1 Å². The van der Waals surface area contributed by atoms with Crippen LogP contribution in [0.2, 0.25) is 0 Å². The third kappa shape index (κ3) is 2.58. The highest BCUT2D eigenvalue weighted by atomic mass is 35.5. The lowest BCUT2D eigenvalue weighted by atomic mass is 10.2. The molecule has 1 aliphatic rings. The number of likely N-dealkylation sites (tertiary alicyclic amines) is 1. The predicted molar refractivity (Wildman–Crippen MR) is 51.2 cm³/mol. The minimum absolute atomic E-state index is 0. The van der Waals surface area contributed by atoms with Gasteiger partial charge in [0.25, 0.3) is 0 Å². The molecule has 1 rings (SSSR count). The van der Waals surface area contributed by atoms with E-state index >= 15 is 0 Å². The summed E-state index contributed by atoms with van der Waals surface area (Å²) in [6.45, 7) is 2.33. The Bertz CT molecular complexity index is 224. The Morgan fingerprint density at radius 1 is 1.77 bits per heavy atom. The summed E-state index contributed by atoms with van der Waals surface area (Å²) in [5.74, 6) is -0.112. The zero-order valence-corrected chi connectivity index (χ0v) is 8.38. The first kappa shape index (κ1) is 12.2. The van der Waals surface area contributed by atoms with Crippen molar-refractivity contribution in [2.45, 2.75) is 31.8 Å². The lowest BCUT2D eigenvalue weighted by Gasteiger charge is -2.21. The average molecular weight is 204 g/mol. The van der Waals surface area contributed by atoms with Crippen molar-refractivity contribution in [3.63, 3.8) is 0 Å². The molecule has 2 unspecified atom stereocenters. The normalized spacial score (nSPS) is 23.2. The Hall–Kier alpha value is -0.790. The standard InChI is InChI=1S/C8H13N3O.ClH/c1-6(10)8(12)11-4-2-3-7(11)5-9;/h6-7H,2-4,10H2,1H3;1H. The molecule has 13 heavy (non-hydrogen) atoms. The highest BCUT2D eigenvalue weighted by Gasteiger charge is 2.29. The summed E-state index contributed by atoms with van der Waals surface area (Å²) >= 11 is 0. The van der Waals surface area contributed by atoms with Crippen LogP contribution in [0.1, 0.15) is 19.8 Å². The molecule has 1 aliphatic heterocycles. The van der Waals surface area contributed by atoms with Crippen molar-refractivity contribution >= 4 is 18.3 Å². The molecular formula is C8H14ClN3O. The number of hydrogen-bond donors (Lipinski definition) is 1. The van der Waals surface area contributed by atoms with Gasteiger partial charge in [-0.15, -0.1) is 12.4 Å². The van der Waals surface area contributed by atoms with Crippen LogP contribution in [0.4, 0.5) is 0 Å². The van der Waals surface area contributed by atoms with Gasteiger partial charge >= 0.3 is 0 Å². The number of nitrogens with two attached hydrogens (primary N) is 1. The van der Waals surface area contributed by atoms with Crippen LogP contribution in [0.15, 0.2) is 0 Å². The van der Waals surface area contributed by atoms with Gasteiger partial charge in [0.2, 0.25) is 5.91 Å². The Kier molecular flexibility index (Phi) is 4.74. The number of nitriles is 1. The van der Waals surface area contributed by atoms with Crippen molar-refractivity contribution < 1.29 is 4.79 Å². The van der Waals surface area contributed by atoms with E-state index in [0.717, 1.165) is 12.8 Å². The first-order chi connectivity index (χ1) is 5.66. The summed E-state index contributed by atoms with van der Waals surface area (Å²) in [6, 6.07) is 1.37. The smallest absolute Gasteiger partial charge is 0.240 e. The maximum Gasteiger partial charge on any atom is 0.240 e. The minimum Gasteiger partial charge on any atom is -0.325 e. The summed E-state index contributed by atoms with van der Waals surface area (Å²) in [5.41, 5.74) is 5.43. The number of carbonyl (C=O) groups excluding carboxylic acids is 1. The fourth-order valence-corrected chi connectivity index (χ4v) is 1.43. The Labute approximate surface area is 84.1 Å². The van der Waals surface area contributed by atoms with E-state index in [9.17, 15) is 4.79 Å². The molecule has 0 aromatic carbocycles. The highest BCUT2D eigenvalue weighted by molar-refractivity contribution is 5.85. The van der Waals surface area contributed by atoms with Gasteiger partial charge in [0, 0.05) is 6.54 Å². The second-order valence-electron chi connectivity index (χ2n) is 3.11. The zero-order valence-electron chi connectivity index (χ0n) is 7.56. The summed E-state index contributed by atoms with van der Waals surface area (Å²) in [7, 11) is 0. The van der Waals surface area contributed by atoms with Gasteiger partial charge in [-0.05, 0) is 19.8 Å². The number of carbonyl (C=O) groups is 1. The molecule has 2 atom stereocenters. The SMILES string of the molecule is CC(N)C(=O)N1CCCC1C#N.Cl. The van der Waals surface area contributed by atoms with Crippen molar-refractivity contribution in [3.05, 3.63) is 0 Å². The van der Waals surface area contributed by atoms with Crippen molar-refractivity contribution in [1.29, 1.82) is 5.26 Å². The fraction of sp³-hybridized carbons (Fsp3) is 0.750.